The molecule has 1 amide bonds. The van der Waals surface area contributed by atoms with Gasteiger partial charge in [-0.2, -0.15) is 0 Å². The van der Waals surface area contributed by atoms with Crippen LogP contribution in [0.15, 0.2) is 18.2 Å². The molecule has 0 aliphatic heterocycles. The summed E-state index contributed by atoms with van der Waals surface area (Å²) in [5.74, 6) is 1.38. The van der Waals surface area contributed by atoms with Crippen molar-refractivity contribution in [3.8, 4) is 11.5 Å². The van der Waals surface area contributed by atoms with Gasteiger partial charge in [-0.05, 0) is 37.0 Å². The summed E-state index contributed by atoms with van der Waals surface area (Å²) < 4.78 is 10.5. The fourth-order valence-corrected chi connectivity index (χ4v) is 2.77. The SMILES string of the molecule is COc1ccc(CCNC(=O)C2(N)CCCC2)cc1OC.Cl. The first-order chi connectivity index (χ1) is 10.1. The van der Waals surface area contributed by atoms with Crippen LogP contribution in [0.2, 0.25) is 0 Å². The molecule has 0 heterocycles. The monoisotopic (exact) mass is 328 g/mol. The summed E-state index contributed by atoms with van der Waals surface area (Å²) >= 11 is 0. The second kappa shape index (κ2) is 8.25. The number of rotatable bonds is 6. The number of ether oxygens (including phenoxy) is 2. The van der Waals surface area contributed by atoms with E-state index in [-0.39, 0.29) is 18.3 Å². The van der Waals surface area contributed by atoms with Crippen LogP contribution < -0.4 is 20.5 Å². The molecule has 1 aromatic rings. The zero-order valence-electron chi connectivity index (χ0n) is 13.2. The molecule has 0 radical (unpaired) electrons. The molecule has 3 N–H and O–H groups in total. The lowest BCUT2D eigenvalue weighted by Crippen LogP contribution is -2.52. The van der Waals surface area contributed by atoms with Crippen LogP contribution in [0, 0.1) is 0 Å². The zero-order valence-corrected chi connectivity index (χ0v) is 14.0. The van der Waals surface area contributed by atoms with E-state index in [9.17, 15) is 4.79 Å². The van der Waals surface area contributed by atoms with Gasteiger partial charge >= 0.3 is 0 Å². The minimum Gasteiger partial charge on any atom is -0.493 e. The smallest absolute Gasteiger partial charge is 0.240 e. The van der Waals surface area contributed by atoms with Gasteiger partial charge in [0.15, 0.2) is 11.5 Å². The van der Waals surface area contributed by atoms with Crippen LogP contribution in [0.25, 0.3) is 0 Å². The first-order valence-electron chi connectivity index (χ1n) is 7.37. The number of hydrogen-bond donors (Lipinski definition) is 2. The normalized spacial score (nSPS) is 15.8. The highest BCUT2D eigenvalue weighted by Gasteiger charge is 2.36. The van der Waals surface area contributed by atoms with Gasteiger partial charge in [0.25, 0.3) is 0 Å². The zero-order chi connectivity index (χ0) is 15.3. The molecule has 1 aromatic carbocycles. The van der Waals surface area contributed by atoms with Gasteiger partial charge in [0.05, 0.1) is 19.8 Å². The minimum absolute atomic E-state index is 0. The fraction of sp³-hybridized carbons (Fsp3) is 0.562. The summed E-state index contributed by atoms with van der Waals surface area (Å²) in [4.78, 5) is 12.1. The average Bonchev–Trinajstić information content (AvgIpc) is 2.95. The number of halogens is 1. The van der Waals surface area contributed by atoms with Crippen molar-refractivity contribution < 1.29 is 14.3 Å². The van der Waals surface area contributed by atoms with Crippen molar-refractivity contribution in [2.75, 3.05) is 20.8 Å². The van der Waals surface area contributed by atoms with Crippen molar-refractivity contribution >= 4 is 18.3 Å². The molecule has 5 nitrogen and oxygen atoms in total. The quantitative estimate of drug-likeness (QED) is 0.838. The van der Waals surface area contributed by atoms with Gasteiger partial charge in [-0.1, -0.05) is 18.9 Å². The van der Waals surface area contributed by atoms with Crippen molar-refractivity contribution in [1.29, 1.82) is 0 Å². The molecular weight excluding hydrogens is 304 g/mol. The number of hydrogen-bond acceptors (Lipinski definition) is 4. The molecule has 0 bridgehead atoms. The highest BCUT2D eigenvalue weighted by molar-refractivity contribution is 5.86. The van der Waals surface area contributed by atoms with Crippen LogP contribution in [0.3, 0.4) is 0 Å². The Morgan fingerprint density at radius 1 is 1.23 bits per heavy atom. The van der Waals surface area contributed by atoms with Crippen LogP contribution in [-0.2, 0) is 11.2 Å². The second-order valence-electron chi connectivity index (χ2n) is 5.56. The van der Waals surface area contributed by atoms with E-state index in [0.717, 1.165) is 37.7 Å². The third-order valence-corrected chi connectivity index (χ3v) is 4.10. The number of amides is 1. The van der Waals surface area contributed by atoms with Crippen LogP contribution in [0.1, 0.15) is 31.2 Å². The number of benzene rings is 1. The van der Waals surface area contributed by atoms with E-state index in [1.807, 2.05) is 18.2 Å². The van der Waals surface area contributed by atoms with Gasteiger partial charge in [0.1, 0.15) is 0 Å². The van der Waals surface area contributed by atoms with Gasteiger partial charge in [-0.25, -0.2) is 0 Å². The Labute approximate surface area is 138 Å². The van der Waals surface area contributed by atoms with Gasteiger partial charge in [0, 0.05) is 6.54 Å². The van der Waals surface area contributed by atoms with Crippen molar-refractivity contribution in [2.24, 2.45) is 5.73 Å². The third-order valence-electron chi connectivity index (χ3n) is 4.10. The number of nitrogens with one attached hydrogen (secondary N) is 1. The maximum absolute atomic E-state index is 12.1. The molecule has 0 atom stereocenters. The van der Waals surface area contributed by atoms with Crippen LogP contribution >= 0.6 is 12.4 Å². The topological polar surface area (TPSA) is 73.6 Å². The highest BCUT2D eigenvalue weighted by atomic mass is 35.5. The van der Waals surface area contributed by atoms with Gasteiger partial charge in [-0.3, -0.25) is 4.79 Å². The second-order valence-corrected chi connectivity index (χ2v) is 5.56. The van der Waals surface area contributed by atoms with Crippen molar-refractivity contribution in [1.82, 2.24) is 5.32 Å². The first-order valence-corrected chi connectivity index (χ1v) is 7.37. The Kier molecular flexibility index (Phi) is 6.97. The van der Waals surface area contributed by atoms with E-state index < -0.39 is 5.54 Å². The molecule has 1 saturated carbocycles. The molecule has 22 heavy (non-hydrogen) atoms. The lowest BCUT2D eigenvalue weighted by Gasteiger charge is -2.22. The lowest BCUT2D eigenvalue weighted by atomic mass is 9.98. The molecular formula is C16H25ClN2O3. The number of methoxy groups -OCH3 is 2. The van der Waals surface area contributed by atoms with Crippen LogP contribution in [-0.4, -0.2) is 32.2 Å². The van der Waals surface area contributed by atoms with E-state index in [1.165, 1.54) is 0 Å². The molecule has 1 aliphatic rings. The van der Waals surface area contributed by atoms with E-state index >= 15 is 0 Å². The Balaban J connectivity index is 0.00000242. The molecule has 2 rings (SSSR count). The third kappa shape index (κ3) is 4.27. The molecule has 1 aliphatic carbocycles. The molecule has 124 valence electrons. The van der Waals surface area contributed by atoms with Gasteiger partial charge in [-0.15, -0.1) is 12.4 Å². The predicted molar refractivity (Wildman–Crippen MR) is 88.9 cm³/mol. The van der Waals surface area contributed by atoms with Gasteiger partial charge < -0.3 is 20.5 Å². The van der Waals surface area contributed by atoms with Crippen LogP contribution in [0.5, 0.6) is 11.5 Å². The van der Waals surface area contributed by atoms with E-state index in [4.69, 9.17) is 15.2 Å². The Bertz CT molecular complexity index is 502. The standard InChI is InChI=1S/C16H24N2O3.ClH/c1-20-13-6-5-12(11-14(13)21-2)7-10-18-15(19)16(17)8-3-4-9-16;/h5-6,11H,3-4,7-10,17H2,1-2H3,(H,18,19);1H. The predicted octanol–water partition coefficient (Wildman–Crippen LogP) is 2.06. The maximum atomic E-state index is 12.1. The molecule has 0 spiro atoms. The molecule has 0 unspecified atom stereocenters. The van der Waals surface area contributed by atoms with Gasteiger partial charge in [0.2, 0.25) is 5.91 Å². The summed E-state index contributed by atoms with van der Waals surface area (Å²) in [5, 5.41) is 2.94. The largest absolute Gasteiger partial charge is 0.493 e. The number of carbonyl (C=O) groups excluding carboxylic acids is 1. The number of carbonyl (C=O) groups is 1. The maximum Gasteiger partial charge on any atom is 0.240 e. The van der Waals surface area contributed by atoms with E-state index in [2.05, 4.69) is 5.32 Å². The summed E-state index contributed by atoms with van der Waals surface area (Å²) in [6.45, 7) is 0.577. The van der Waals surface area contributed by atoms with E-state index in [0.29, 0.717) is 18.0 Å². The lowest BCUT2D eigenvalue weighted by molar-refractivity contribution is -0.126. The van der Waals surface area contributed by atoms with Crippen LogP contribution in [0.4, 0.5) is 0 Å². The van der Waals surface area contributed by atoms with E-state index in [1.54, 1.807) is 14.2 Å². The Morgan fingerprint density at radius 3 is 2.45 bits per heavy atom. The Hall–Kier alpha value is -1.46. The highest BCUT2D eigenvalue weighted by Crippen LogP contribution is 2.28. The fourth-order valence-electron chi connectivity index (χ4n) is 2.77. The number of nitrogens with two attached hydrogens (primary N) is 1. The molecule has 0 saturated heterocycles. The average molecular weight is 329 g/mol. The summed E-state index contributed by atoms with van der Waals surface area (Å²) in [6, 6.07) is 5.78. The van der Waals surface area contributed by atoms with Crippen molar-refractivity contribution in [3.63, 3.8) is 0 Å². The summed E-state index contributed by atoms with van der Waals surface area (Å²) in [5.41, 5.74) is 6.55. The minimum atomic E-state index is -0.655. The van der Waals surface area contributed by atoms with Crippen molar-refractivity contribution in [3.05, 3.63) is 23.8 Å². The summed E-state index contributed by atoms with van der Waals surface area (Å²) in [7, 11) is 3.22. The first kappa shape index (κ1) is 18.6. The summed E-state index contributed by atoms with van der Waals surface area (Å²) in [6.07, 6.45) is 4.39. The Morgan fingerprint density at radius 2 is 1.86 bits per heavy atom. The molecule has 0 aromatic heterocycles. The van der Waals surface area contributed by atoms with Crippen molar-refractivity contribution in [2.45, 2.75) is 37.6 Å². The molecule has 1 fully saturated rings. The molecule has 6 heteroatoms.